The van der Waals surface area contributed by atoms with Crippen LogP contribution in [0.25, 0.3) is 6.08 Å². The van der Waals surface area contributed by atoms with Crippen molar-refractivity contribution in [1.29, 1.82) is 0 Å². The Balaban J connectivity index is 2.29. The highest BCUT2D eigenvalue weighted by molar-refractivity contribution is 6.08. The fraction of sp³-hybridized carbons (Fsp3) is 0.286. The molecule has 1 aromatic rings. The Morgan fingerprint density at radius 2 is 1.67 bits per heavy atom. The van der Waals surface area contributed by atoms with E-state index in [2.05, 4.69) is 0 Å². The van der Waals surface area contributed by atoms with Crippen LogP contribution in [0.5, 0.6) is 0 Å². The van der Waals surface area contributed by atoms with Gasteiger partial charge in [-0.05, 0) is 37.1 Å². The van der Waals surface area contributed by atoms with Crippen LogP contribution in [0.1, 0.15) is 31.0 Å². The molecule has 1 unspecified atom stereocenters. The second-order valence-electron chi connectivity index (χ2n) is 6.38. The van der Waals surface area contributed by atoms with E-state index in [0.29, 0.717) is 11.1 Å². The number of esters is 2. The van der Waals surface area contributed by atoms with Gasteiger partial charge in [-0.3, -0.25) is 4.79 Å². The summed E-state index contributed by atoms with van der Waals surface area (Å²) in [7, 11) is 0. The van der Waals surface area contributed by atoms with Gasteiger partial charge in [0.2, 0.25) is 0 Å². The molecule has 0 saturated heterocycles. The van der Waals surface area contributed by atoms with Gasteiger partial charge < -0.3 is 14.4 Å². The molecule has 0 N–H and O–H groups in total. The lowest BCUT2D eigenvalue weighted by Crippen LogP contribution is -2.40. The van der Waals surface area contributed by atoms with E-state index in [9.17, 15) is 27.6 Å². The third-order valence-electron chi connectivity index (χ3n) is 4.57. The highest BCUT2D eigenvalue weighted by Gasteiger charge is 2.48. The van der Waals surface area contributed by atoms with Crippen LogP contribution in [0.2, 0.25) is 0 Å². The maximum Gasteiger partial charge on any atom is 0.454 e. The largest absolute Gasteiger partial charge is 0.462 e. The average Bonchev–Trinajstić information content (AvgIpc) is 2.71. The maximum absolute atomic E-state index is 13.4. The van der Waals surface area contributed by atoms with E-state index in [1.165, 1.54) is 13.1 Å². The molecular formula is C21H18F3NO5. The minimum absolute atomic E-state index is 0.0186. The van der Waals surface area contributed by atoms with Gasteiger partial charge in [0.05, 0.1) is 24.8 Å². The SMILES string of the molecule is CCOC(=O)C1=C(C(=O)OCC)N2C=Cc3ccccc3C2C(C(=O)C(F)(F)F)=C1. The van der Waals surface area contributed by atoms with E-state index in [0.717, 1.165) is 11.0 Å². The standard InChI is InChI=1S/C21H18F3NO5/c1-3-29-19(27)15-11-14(18(26)21(22,23)24)16-13-8-6-5-7-12(13)9-10-25(16)17(15)20(28)30-4-2/h5-11,16H,3-4H2,1-2H3. The highest BCUT2D eigenvalue weighted by atomic mass is 19.4. The molecule has 0 aromatic heterocycles. The summed E-state index contributed by atoms with van der Waals surface area (Å²) in [5.41, 5.74) is -0.473. The Morgan fingerprint density at radius 1 is 1.03 bits per heavy atom. The Labute approximate surface area is 170 Å². The smallest absolute Gasteiger partial charge is 0.454 e. The minimum atomic E-state index is -5.17. The van der Waals surface area contributed by atoms with Crippen LogP contribution in [-0.4, -0.2) is 42.0 Å². The first-order valence-corrected chi connectivity index (χ1v) is 9.17. The van der Waals surface area contributed by atoms with Gasteiger partial charge in [-0.25, -0.2) is 9.59 Å². The molecule has 0 saturated carbocycles. The van der Waals surface area contributed by atoms with Gasteiger partial charge in [0, 0.05) is 11.8 Å². The molecule has 30 heavy (non-hydrogen) atoms. The predicted octanol–water partition coefficient (Wildman–Crippen LogP) is 3.47. The summed E-state index contributed by atoms with van der Waals surface area (Å²) in [5, 5.41) is 0. The van der Waals surface area contributed by atoms with Crippen LogP contribution >= 0.6 is 0 Å². The molecule has 158 valence electrons. The van der Waals surface area contributed by atoms with Crippen molar-refractivity contribution in [1.82, 2.24) is 4.90 Å². The van der Waals surface area contributed by atoms with Crippen molar-refractivity contribution in [2.45, 2.75) is 26.1 Å². The number of alkyl halides is 3. The van der Waals surface area contributed by atoms with Crippen LogP contribution in [0.15, 0.2) is 53.4 Å². The van der Waals surface area contributed by atoms with Gasteiger partial charge in [0.1, 0.15) is 5.70 Å². The molecular weight excluding hydrogens is 403 g/mol. The topological polar surface area (TPSA) is 72.9 Å². The summed E-state index contributed by atoms with van der Waals surface area (Å²) in [6, 6.07) is 5.29. The zero-order valence-electron chi connectivity index (χ0n) is 16.2. The number of Topliss-reactive ketones (excluding diaryl/α,β-unsaturated/α-hetero) is 1. The van der Waals surface area contributed by atoms with E-state index < -0.39 is 41.1 Å². The van der Waals surface area contributed by atoms with Gasteiger partial charge in [-0.1, -0.05) is 24.3 Å². The van der Waals surface area contributed by atoms with Crippen LogP contribution in [-0.2, 0) is 23.9 Å². The second-order valence-corrected chi connectivity index (χ2v) is 6.38. The number of fused-ring (bicyclic) bond motifs is 3. The number of ether oxygens (including phenoxy) is 2. The molecule has 0 spiro atoms. The lowest BCUT2D eigenvalue weighted by Gasteiger charge is -2.39. The molecule has 0 aliphatic carbocycles. The number of rotatable bonds is 5. The highest BCUT2D eigenvalue weighted by Crippen LogP contribution is 2.44. The molecule has 1 aromatic carbocycles. The van der Waals surface area contributed by atoms with E-state index in [-0.39, 0.29) is 18.9 Å². The van der Waals surface area contributed by atoms with Gasteiger partial charge in [0.25, 0.3) is 5.78 Å². The molecule has 3 rings (SSSR count). The van der Waals surface area contributed by atoms with Crippen LogP contribution in [0.3, 0.4) is 0 Å². The van der Waals surface area contributed by atoms with Crippen molar-refractivity contribution in [3.05, 3.63) is 64.5 Å². The third-order valence-corrected chi connectivity index (χ3v) is 4.57. The first-order valence-electron chi connectivity index (χ1n) is 9.17. The predicted molar refractivity (Wildman–Crippen MR) is 99.5 cm³/mol. The average molecular weight is 421 g/mol. The van der Waals surface area contributed by atoms with Crippen LogP contribution < -0.4 is 0 Å². The van der Waals surface area contributed by atoms with E-state index in [1.54, 1.807) is 37.3 Å². The number of nitrogens with zero attached hydrogens (tertiary/aromatic N) is 1. The molecule has 6 nitrogen and oxygen atoms in total. The van der Waals surface area contributed by atoms with Crippen molar-refractivity contribution in [2.24, 2.45) is 0 Å². The number of carbonyl (C=O) groups is 3. The summed E-state index contributed by atoms with van der Waals surface area (Å²) in [4.78, 5) is 38.6. The lowest BCUT2D eigenvalue weighted by molar-refractivity contribution is -0.167. The zero-order valence-corrected chi connectivity index (χ0v) is 16.2. The molecule has 0 fully saturated rings. The molecule has 0 bridgehead atoms. The molecule has 0 radical (unpaired) electrons. The van der Waals surface area contributed by atoms with Crippen molar-refractivity contribution in [2.75, 3.05) is 13.2 Å². The Bertz CT molecular complexity index is 991. The number of halogens is 3. The number of carbonyl (C=O) groups excluding carboxylic acids is 3. The fourth-order valence-electron chi connectivity index (χ4n) is 3.40. The summed E-state index contributed by atoms with van der Waals surface area (Å²) in [6.45, 7) is 2.97. The Morgan fingerprint density at radius 3 is 2.30 bits per heavy atom. The molecule has 2 aliphatic heterocycles. The Kier molecular flexibility index (Phi) is 5.82. The van der Waals surface area contributed by atoms with Crippen molar-refractivity contribution in [3.63, 3.8) is 0 Å². The van der Waals surface area contributed by atoms with Gasteiger partial charge >= 0.3 is 18.1 Å². The summed E-state index contributed by atoms with van der Waals surface area (Å²) in [6.07, 6.45) is -1.45. The van der Waals surface area contributed by atoms with Gasteiger partial charge in [-0.15, -0.1) is 0 Å². The third kappa shape index (κ3) is 3.74. The normalized spacial score (nSPS) is 17.7. The maximum atomic E-state index is 13.4. The number of hydrogen-bond acceptors (Lipinski definition) is 6. The lowest BCUT2D eigenvalue weighted by atomic mass is 9.84. The first kappa shape index (κ1) is 21.4. The summed E-state index contributed by atoms with van der Waals surface area (Å²) < 4.78 is 50.0. The van der Waals surface area contributed by atoms with E-state index in [4.69, 9.17) is 9.47 Å². The van der Waals surface area contributed by atoms with Crippen LogP contribution in [0, 0.1) is 0 Å². The molecule has 0 amide bonds. The quantitative estimate of drug-likeness (QED) is 0.678. The number of hydrogen-bond donors (Lipinski definition) is 0. The monoisotopic (exact) mass is 421 g/mol. The number of benzene rings is 1. The summed E-state index contributed by atoms with van der Waals surface area (Å²) >= 11 is 0. The molecule has 2 aliphatic rings. The molecule has 9 heteroatoms. The first-order chi connectivity index (χ1) is 14.2. The number of ketones is 1. The van der Waals surface area contributed by atoms with Crippen molar-refractivity contribution in [3.8, 4) is 0 Å². The second kappa shape index (κ2) is 8.17. The van der Waals surface area contributed by atoms with E-state index in [1.807, 2.05) is 0 Å². The van der Waals surface area contributed by atoms with Crippen LogP contribution in [0.4, 0.5) is 13.2 Å². The fourth-order valence-corrected chi connectivity index (χ4v) is 3.40. The van der Waals surface area contributed by atoms with Gasteiger partial charge in [0.15, 0.2) is 0 Å². The Hall–Kier alpha value is -3.36. The summed E-state index contributed by atoms with van der Waals surface area (Å²) in [5.74, 6) is -4.05. The minimum Gasteiger partial charge on any atom is -0.462 e. The van der Waals surface area contributed by atoms with E-state index >= 15 is 0 Å². The van der Waals surface area contributed by atoms with Gasteiger partial charge in [-0.2, -0.15) is 13.2 Å². The van der Waals surface area contributed by atoms with Crippen molar-refractivity contribution >= 4 is 23.8 Å². The van der Waals surface area contributed by atoms with Crippen molar-refractivity contribution < 1.29 is 37.0 Å². The zero-order chi connectivity index (χ0) is 22.1. The molecule has 2 heterocycles. The molecule has 1 atom stereocenters.